The fourth-order valence-electron chi connectivity index (χ4n) is 7.22. The van der Waals surface area contributed by atoms with E-state index in [0.29, 0.717) is 48.4 Å². The van der Waals surface area contributed by atoms with E-state index in [1.54, 1.807) is 132 Å². The standard InChI is InChI=1S/C45H66N4O11/c1-40(2,3)57-35(50)44(55,31-19-21-48(27-31)38(53)59-42(7,8)9)25-29-15-13-17-33(23-29)46-37(52)47-34-18-14-16-30(24-34)26-45(56,36(51)58-41(4,5)6)32-20-22-49(28-32)39(54)60-43(10,11)12/h13-18,23-24,31-32,55-56H,19-22,25-28H2,1-12H3,(H2,46,47,52)/t31-,32-,44?,45?/m0/s1. The highest BCUT2D eigenvalue weighted by Gasteiger charge is 2.51. The molecule has 4 atom stereocenters. The summed E-state index contributed by atoms with van der Waals surface area (Å²) in [6, 6.07) is 12.9. The van der Waals surface area contributed by atoms with Crippen LogP contribution >= 0.6 is 0 Å². The number of nitrogens with one attached hydrogen (secondary N) is 2. The molecule has 0 spiro atoms. The molecule has 2 aromatic rings. The van der Waals surface area contributed by atoms with Crippen LogP contribution in [-0.4, -0.2) is 110 Å². The van der Waals surface area contributed by atoms with Crippen LogP contribution in [0.25, 0.3) is 0 Å². The first-order valence-electron chi connectivity index (χ1n) is 20.6. The van der Waals surface area contributed by atoms with Crippen molar-refractivity contribution in [2.75, 3.05) is 36.8 Å². The lowest BCUT2D eigenvalue weighted by Gasteiger charge is -2.35. The van der Waals surface area contributed by atoms with E-state index in [1.165, 1.54) is 9.80 Å². The third-order valence-electron chi connectivity index (χ3n) is 9.85. The van der Waals surface area contributed by atoms with Crippen molar-refractivity contribution in [3.05, 3.63) is 59.7 Å². The van der Waals surface area contributed by atoms with E-state index in [1.807, 2.05) is 0 Å². The Balaban J connectivity index is 1.49. The number of anilines is 2. The summed E-state index contributed by atoms with van der Waals surface area (Å²) in [7, 11) is 0. The molecule has 0 aliphatic carbocycles. The van der Waals surface area contributed by atoms with Crippen molar-refractivity contribution in [2.24, 2.45) is 11.8 Å². The summed E-state index contributed by atoms with van der Waals surface area (Å²) < 4.78 is 22.4. The summed E-state index contributed by atoms with van der Waals surface area (Å²) in [5, 5.41) is 29.8. The van der Waals surface area contributed by atoms with E-state index >= 15 is 0 Å². The van der Waals surface area contributed by atoms with Gasteiger partial charge in [0.1, 0.15) is 22.4 Å². The number of benzene rings is 2. The Morgan fingerprint density at radius 2 is 0.900 bits per heavy atom. The molecule has 15 heteroatoms. The fraction of sp³-hybridized carbons (Fsp3) is 0.622. The molecule has 4 amide bonds. The minimum atomic E-state index is -2.00. The van der Waals surface area contributed by atoms with Gasteiger partial charge in [-0.05, 0) is 131 Å². The van der Waals surface area contributed by atoms with Crippen LogP contribution in [0.3, 0.4) is 0 Å². The number of hydrogen-bond acceptors (Lipinski definition) is 11. The lowest BCUT2D eigenvalue weighted by molar-refractivity contribution is -0.183. The van der Waals surface area contributed by atoms with Crippen LogP contribution in [-0.2, 0) is 41.4 Å². The van der Waals surface area contributed by atoms with E-state index in [4.69, 9.17) is 18.9 Å². The van der Waals surface area contributed by atoms with Gasteiger partial charge in [0.2, 0.25) is 0 Å². The van der Waals surface area contributed by atoms with E-state index < -0.39 is 75.6 Å². The highest BCUT2D eigenvalue weighted by atomic mass is 16.6. The summed E-state index contributed by atoms with van der Waals surface area (Å²) in [6.45, 7) is 21.6. The molecular formula is C45H66N4O11. The molecule has 2 fully saturated rings. The van der Waals surface area contributed by atoms with Gasteiger partial charge >= 0.3 is 30.2 Å². The highest BCUT2D eigenvalue weighted by Crippen LogP contribution is 2.36. The van der Waals surface area contributed by atoms with Crippen LogP contribution in [0.15, 0.2) is 48.5 Å². The minimum Gasteiger partial charge on any atom is -0.458 e. The van der Waals surface area contributed by atoms with Crippen LogP contribution in [0.5, 0.6) is 0 Å². The molecule has 0 radical (unpaired) electrons. The number of amides is 4. The number of esters is 2. The molecule has 2 unspecified atom stereocenters. The van der Waals surface area contributed by atoms with E-state index in [9.17, 15) is 34.2 Å². The van der Waals surface area contributed by atoms with Crippen LogP contribution in [0.4, 0.5) is 25.8 Å². The minimum absolute atomic E-state index is 0.0877. The quantitative estimate of drug-likeness (QED) is 0.141. The van der Waals surface area contributed by atoms with Gasteiger partial charge in [0.15, 0.2) is 11.2 Å². The van der Waals surface area contributed by atoms with Crippen molar-refractivity contribution < 1.29 is 53.1 Å². The number of carbonyl (C=O) groups is 5. The predicted molar refractivity (Wildman–Crippen MR) is 226 cm³/mol. The smallest absolute Gasteiger partial charge is 0.410 e. The van der Waals surface area contributed by atoms with Crippen LogP contribution in [0, 0.1) is 11.8 Å². The summed E-state index contributed by atoms with van der Waals surface area (Å²) in [6.07, 6.45) is -0.670. The average Bonchev–Trinajstić information content (AvgIpc) is 3.78. The predicted octanol–water partition coefficient (Wildman–Crippen LogP) is 7.08. The molecule has 15 nitrogen and oxygen atoms in total. The Hall–Kier alpha value is -4.89. The zero-order valence-electron chi connectivity index (χ0n) is 37.4. The lowest BCUT2D eigenvalue weighted by atomic mass is 9.81. The maximum atomic E-state index is 13.7. The molecule has 0 saturated carbocycles. The fourth-order valence-corrected chi connectivity index (χ4v) is 7.22. The van der Waals surface area contributed by atoms with Crippen molar-refractivity contribution >= 4 is 41.5 Å². The Morgan fingerprint density at radius 1 is 0.567 bits per heavy atom. The van der Waals surface area contributed by atoms with Gasteiger partial charge in [-0.15, -0.1) is 0 Å². The molecule has 2 heterocycles. The summed E-state index contributed by atoms with van der Waals surface area (Å²) in [5.41, 5.74) is -5.36. The second-order valence-electron chi connectivity index (χ2n) is 20.0. The molecule has 4 rings (SSSR count). The molecule has 2 aromatic carbocycles. The van der Waals surface area contributed by atoms with Gasteiger partial charge < -0.3 is 49.6 Å². The van der Waals surface area contributed by atoms with Crippen molar-refractivity contribution in [1.82, 2.24) is 9.80 Å². The van der Waals surface area contributed by atoms with Gasteiger partial charge in [-0.1, -0.05) is 24.3 Å². The number of ether oxygens (including phenoxy) is 4. The first-order chi connectivity index (χ1) is 27.4. The third-order valence-corrected chi connectivity index (χ3v) is 9.85. The SMILES string of the molecule is CC(C)(C)OC(=O)N1CC[C@H](C(O)(Cc2cccc(NC(=O)Nc3cccc(CC(O)(C(=O)OC(C)(C)C)[C@H]4CCN(C(=O)OC(C)(C)C)C4)c3)c2)C(=O)OC(C)(C)C)C1. The van der Waals surface area contributed by atoms with Crippen molar-refractivity contribution in [1.29, 1.82) is 0 Å². The van der Waals surface area contributed by atoms with E-state index in [0.717, 1.165) is 0 Å². The molecule has 0 bridgehead atoms. The maximum Gasteiger partial charge on any atom is 0.410 e. The van der Waals surface area contributed by atoms with Crippen LogP contribution < -0.4 is 10.6 Å². The first-order valence-corrected chi connectivity index (χ1v) is 20.6. The molecule has 60 heavy (non-hydrogen) atoms. The highest BCUT2D eigenvalue weighted by molar-refractivity contribution is 5.99. The van der Waals surface area contributed by atoms with Crippen molar-refractivity contribution in [2.45, 2.75) is 142 Å². The molecule has 332 valence electrons. The number of aliphatic hydroxyl groups is 2. The molecule has 0 aromatic heterocycles. The number of hydrogen-bond donors (Lipinski definition) is 4. The van der Waals surface area contributed by atoms with Gasteiger partial charge in [0.05, 0.1) is 0 Å². The van der Waals surface area contributed by atoms with Gasteiger partial charge in [-0.25, -0.2) is 24.0 Å². The first kappa shape index (κ1) is 47.8. The largest absolute Gasteiger partial charge is 0.458 e. The topological polar surface area (TPSA) is 193 Å². The lowest BCUT2D eigenvalue weighted by Crippen LogP contribution is -2.52. The number of carbonyl (C=O) groups excluding carboxylic acids is 5. The van der Waals surface area contributed by atoms with E-state index in [2.05, 4.69) is 10.6 Å². The van der Waals surface area contributed by atoms with Crippen molar-refractivity contribution in [3.8, 4) is 0 Å². The molecule has 4 N–H and O–H groups in total. The van der Waals surface area contributed by atoms with Crippen LogP contribution in [0.2, 0.25) is 0 Å². The molecule has 2 aliphatic heterocycles. The summed E-state index contributed by atoms with van der Waals surface area (Å²) >= 11 is 0. The second kappa shape index (κ2) is 18.0. The van der Waals surface area contributed by atoms with Gasteiger partial charge in [0, 0.05) is 62.2 Å². The van der Waals surface area contributed by atoms with Gasteiger partial charge in [-0.2, -0.15) is 0 Å². The zero-order valence-corrected chi connectivity index (χ0v) is 37.4. The van der Waals surface area contributed by atoms with Crippen LogP contribution in [0.1, 0.15) is 107 Å². The van der Waals surface area contributed by atoms with E-state index in [-0.39, 0.29) is 25.9 Å². The number of rotatable bonds is 10. The Morgan fingerprint density at radius 3 is 1.22 bits per heavy atom. The molecule has 2 aliphatic rings. The second-order valence-corrected chi connectivity index (χ2v) is 20.0. The molecular weight excluding hydrogens is 773 g/mol. The third kappa shape index (κ3) is 13.6. The summed E-state index contributed by atoms with van der Waals surface area (Å²) in [5.74, 6) is -2.93. The normalized spacial score (nSPS) is 19.4. The number of urea groups is 1. The molecule has 2 saturated heterocycles. The maximum absolute atomic E-state index is 13.7. The summed E-state index contributed by atoms with van der Waals surface area (Å²) in [4.78, 5) is 69.4. The number of nitrogens with zero attached hydrogens (tertiary/aromatic N) is 2. The monoisotopic (exact) mass is 838 g/mol. The average molecular weight is 839 g/mol. The zero-order chi connectivity index (χ0) is 45.1. The number of likely N-dealkylation sites (tertiary alicyclic amines) is 2. The van der Waals surface area contributed by atoms with Gasteiger partial charge in [-0.3, -0.25) is 0 Å². The Labute approximate surface area is 354 Å². The van der Waals surface area contributed by atoms with Gasteiger partial charge in [0.25, 0.3) is 0 Å². The Bertz CT molecular complexity index is 1760. The Kier molecular flexibility index (Phi) is 14.3. The van der Waals surface area contributed by atoms with Crippen molar-refractivity contribution in [3.63, 3.8) is 0 Å².